The molecule has 1 aliphatic heterocycles. The number of anilines is 1. The van der Waals surface area contributed by atoms with Crippen LogP contribution in [0, 0.1) is 11.7 Å². The predicted octanol–water partition coefficient (Wildman–Crippen LogP) is 3.43. The fourth-order valence-corrected chi connectivity index (χ4v) is 4.79. The molecule has 6 nitrogen and oxygen atoms in total. The third kappa shape index (κ3) is 3.35. The van der Waals surface area contributed by atoms with Gasteiger partial charge >= 0.3 is 0 Å². The highest BCUT2D eigenvalue weighted by Gasteiger charge is 2.38. The summed E-state index contributed by atoms with van der Waals surface area (Å²) in [5.41, 5.74) is 2.37. The minimum atomic E-state index is -3.48. The molecule has 1 fully saturated rings. The van der Waals surface area contributed by atoms with E-state index < -0.39 is 15.8 Å². The van der Waals surface area contributed by atoms with E-state index in [1.165, 1.54) is 22.8 Å². The Bertz CT molecular complexity index is 1360. The summed E-state index contributed by atoms with van der Waals surface area (Å²) >= 11 is 0. The topological polar surface area (TPSA) is 77.4 Å². The van der Waals surface area contributed by atoms with Gasteiger partial charge < -0.3 is 9.30 Å². The minimum Gasteiger partial charge on any atom is -0.489 e. The van der Waals surface area contributed by atoms with E-state index in [1.807, 2.05) is 0 Å². The van der Waals surface area contributed by atoms with Gasteiger partial charge in [-0.15, -0.1) is 0 Å². The smallest absolute Gasteiger partial charge is 0.258 e. The molecule has 0 bridgehead atoms. The van der Waals surface area contributed by atoms with Gasteiger partial charge in [-0.05, 0) is 54.5 Å². The second-order valence-corrected chi connectivity index (χ2v) is 9.98. The molecule has 8 heteroatoms. The lowest BCUT2D eigenvalue weighted by Crippen LogP contribution is -2.17. The van der Waals surface area contributed by atoms with Crippen molar-refractivity contribution in [2.75, 3.05) is 11.0 Å². The zero-order valence-corrected chi connectivity index (χ0v) is 17.4. The van der Waals surface area contributed by atoms with Gasteiger partial charge in [-0.3, -0.25) is 9.52 Å². The number of hydrogen-bond acceptors (Lipinski definition) is 4. The first kappa shape index (κ1) is 19.1. The first-order chi connectivity index (χ1) is 14.2. The highest BCUT2D eigenvalue weighted by molar-refractivity contribution is 7.92. The van der Waals surface area contributed by atoms with Crippen LogP contribution in [-0.2, 0) is 23.5 Å². The van der Waals surface area contributed by atoms with E-state index in [1.54, 1.807) is 25.4 Å². The van der Waals surface area contributed by atoms with Gasteiger partial charge in [-0.2, -0.15) is 0 Å². The lowest BCUT2D eigenvalue weighted by molar-refractivity contribution is 0.208. The summed E-state index contributed by atoms with van der Waals surface area (Å²) in [6, 6.07) is 7.57. The number of benzene rings is 2. The molecule has 5 rings (SSSR count). The highest BCUT2D eigenvalue weighted by Crippen LogP contribution is 2.47. The molecule has 2 aromatic carbocycles. The average molecular weight is 428 g/mol. The molecule has 2 aliphatic rings. The molecule has 1 atom stereocenters. The predicted molar refractivity (Wildman–Crippen MR) is 114 cm³/mol. The number of aryl methyl sites for hydroxylation is 1. The molecule has 1 N–H and O–H groups in total. The Labute approximate surface area is 173 Å². The second kappa shape index (κ2) is 6.57. The maximum absolute atomic E-state index is 14.1. The third-order valence-corrected chi connectivity index (χ3v) is 6.35. The van der Waals surface area contributed by atoms with Crippen molar-refractivity contribution in [2.45, 2.75) is 25.4 Å². The van der Waals surface area contributed by atoms with E-state index in [2.05, 4.69) is 4.72 Å². The summed E-state index contributed by atoms with van der Waals surface area (Å²) in [5, 5.41) is 0.860. The number of aromatic nitrogens is 1. The SMILES string of the molecule is Cn1cc(-c2cc(NS(C)(=O)=O)cc3c2OC(C2CC2)C3)c2cc(F)ccc2c1=O. The molecule has 1 aromatic heterocycles. The number of rotatable bonds is 4. The van der Waals surface area contributed by atoms with Gasteiger partial charge in [-0.1, -0.05) is 0 Å². The van der Waals surface area contributed by atoms with Crippen molar-refractivity contribution in [3.8, 4) is 16.9 Å². The Morgan fingerprint density at radius 1 is 1.13 bits per heavy atom. The van der Waals surface area contributed by atoms with Crippen molar-refractivity contribution in [2.24, 2.45) is 13.0 Å². The summed E-state index contributed by atoms with van der Waals surface area (Å²) in [7, 11) is -1.84. The van der Waals surface area contributed by atoms with Gasteiger partial charge in [0, 0.05) is 47.4 Å². The standard InChI is InChI=1S/C22H21FN2O4S/c1-25-11-19(17-9-14(23)5-6-16(17)22(25)26)18-10-15(24-30(2,27)28)7-13-8-20(12-3-4-12)29-21(13)18/h5-7,9-12,20,24H,3-4,8H2,1-2H3. The van der Waals surface area contributed by atoms with Gasteiger partial charge in [0.25, 0.3) is 5.56 Å². The van der Waals surface area contributed by atoms with Gasteiger partial charge in [0.05, 0.1) is 6.26 Å². The largest absolute Gasteiger partial charge is 0.489 e. The molecule has 0 spiro atoms. The maximum Gasteiger partial charge on any atom is 0.258 e. The van der Waals surface area contributed by atoms with Gasteiger partial charge in [0.2, 0.25) is 10.0 Å². The maximum atomic E-state index is 14.1. The van der Waals surface area contributed by atoms with Crippen LogP contribution in [0.4, 0.5) is 10.1 Å². The fourth-order valence-electron chi connectivity index (χ4n) is 4.25. The molecule has 2 heterocycles. The Hall–Kier alpha value is -2.87. The van der Waals surface area contributed by atoms with Gasteiger partial charge in [0.1, 0.15) is 17.7 Å². The Morgan fingerprint density at radius 2 is 1.90 bits per heavy atom. The van der Waals surface area contributed by atoms with Crippen molar-refractivity contribution in [3.05, 3.63) is 58.3 Å². The van der Waals surface area contributed by atoms with Crippen LogP contribution in [-0.4, -0.2) is 25.3 Å². The van der Waals surface area contributed by atoms with E-state index in [4.69, 9.17) is 4.74 Å². The molecule has 0 saturated heterocycles. The molecule has 3 aromatic rings. The molecule has 30 heavy (non-hydrogen) atoms. The van der Waals surface area contributed by atoms with Crippen LogP contribution in [0.1, 0.15) is 18.4 Å². The third-order valence-electron chi connectivity index (χ3n) is 5.74. The van der Waals surface area contributed by atoms with Crippen molar-refractivity contribution in [3.63, 3.8) is 0 Å². The molecule has 1 unspecified atom stereocenters. The zero-order valence-electron chi connectivity index (χ0n) is 16.6. The lowest BCUT2D eigenvalue weighted by Gasteiger charge is -2.16. The van der Waals surface area contributed by atoms with Crippen molar-refractivity contribution < 1.29 is 17.5 Å². The fraction of sp³-hybridized carbons (Fsp3) is 0.318. The summed E-state index contributed by atoms with van der Waals surface area (Å²) < 4.78 is 48.1. The number of nitrogens with zero attached hydrogens (tertiary/aromatic N) is 1. The Morgan fingerprint density at radius 3 is 2.60 bits per heavy atom. The number of fused-ring (bicyclic) bond motifs is 2. The van der Waals surface area contributed by atoms with Crippen LogP contribution >= 0.6 is 0 Å². The van der Waals surface area contributed by atoms with Gasteiger partial charge in [0.15, 0.2) is 0 Å². The normalized spacial score (nSPS) is 18.3. The van der Waals surface area contributed by atoms with E-state index in [0.717, 1.165) is 24.7 Å². The number of nitrogens with one attached hydrogen (secondary N) is 1. The molecular weight excluding hydrogens is 407 g/mol. The Balaban J connectivity index is 1.78. The number of halogens is 1. The van der Waals surface area contributed by atoms with Gasteiger partial charge in [-0.25, -0.2) is 12.8 Å². The van der Waals surface area contributed by atoms with Crippen molar-refractivity contribution >= 4 is 26.5 Å². The van der Waals surface area contributed by atoms with Crippen LogP contribution in [0.3, 0.4) is 0 Å². The number of hydrogen-bond donors (Lipinski definition) is 1. The van der Waals surface area contributed by atoms with Crippen LogP contribution in [0.25, 0.3) is 21.9 Å². The Kier molecular flexibility index (Phi) is 4.18. The quantitative estimate of drug-likeness (QED) is 0.691. The van der Waals surface area contributed by atoms with E-state index in [-0.39, 0.29) is 11.7 Å². The second-order valence-electron chi connectivity index (χ2n) is 8.23. The first-order valence-corrected chi connectivity index (χ1v) is 11.7. The van der Waals surface area contributed by atoms with E-state index >= 15 is 0 Å². The monoisotopic (exact) mass is 428 g/mol. The number of ether oxygens (including phenoxy) is 1. The zero-order chi connectivity index (χ0) is 21.2. The van der Waals surface area contributed by atoms with Crippen LogP contribution < -0.4 is 15.0 Å². The molecule has 1 saturated carbocycles. The van der Waals surface area contributed by atoms with Crippen LogP contribution in [0.2, 0.25) is 0 Å². The summed E-state index contributed by atoms with van der Waals surface area (Å²) in [5.74, 6) is 0.733. The summed E-state index contributed by atoms with van der Waals surface area (Å²) in [6.07, 6.45) is 5.75. The summed E-state index contributed by atoms with van der Waals surface area (Å²) in [6.45, 7) is 0. The lowest BCUT2D eigenvalue weighted by atomic mass is 9.96. The molecule has 156 valence electrons. The number of pyridine rings is 1. The van der Waals surface area contributed by atoms with E-state index in [9.17, 15) is 17.6 Å². The van der Waals surface area contributed by atoms with Crippen molar-refractivity contribution in [1.29, 1.82) is 0 Å². The average Bonchev–Trinajstić information content (AvgIpc) is 3.42. The van der Waals surface area contributed by atoms with E-state index in [0.29, 0.717) is 45.7 Å². The highest BCUT2D eigenvalue weighted by atomic mass is 32.2. The van der Waals surface area contributed by atoms with Crippen LogP contribution in [0.5, 0.6) is 5.75 Å². The first-order valence-electron chi connectivity index (χ1n) is 9.80. The minimum absolute atomic E-state index is 0.0581. The molecular formula is C22H21FN2O4S. The van der Waals surface area contributed by atoms with Crippen molar-refractivity contribution in [1.82, 2.24) is 4.57 Å². The number of sulfonamides is 1. The summed E-state index contributed by atoms with van der Waals surface area (Å²) in [4.78, 5) is 12.6. The molecule has 0 radical (unpaired) electrons. The molecule has 0 amide bonds. The molecule has 1 aliphatic carbocycles. The van der Waals surface area contributed by atoms with Crippen LogP contribution in [0.15, 0.2) is 41.3 Å².